The number of anilines is 1. The van der Waals surface area contributed by atoms with Gasteiger partial charge in [0.25, 0.3) is 5.91 Å². The van der Waals surface area contributed by atoms with E-state index in [4.69, 9.17) is 4.74 Å². The standard InChI is InChI=1S/C16H14BrF2NO2/c1-2-14(22-15-6-4-3-5-11(15)18)16(21)20-13-8-7-10(17)9-12(13)19/h3-9,14H,2H2,1H3,(H,20,21)/t14-/m1/s1. The molecule has 2 aromatic rings. The molecule has 0 radical (unpaired) electrons. The number of hydrogen-bond acceptors (Lipinski definition) is 2. The SMILES string of the molecule is CC[C@@H](Oc1ccccc1F)C(=O)Nc1ccc(Br)cc1F. The van der Waals surface area contributed by atoms with Gasteiger partial charge >= 0.3 is 0 Å². The molecule has 0 saturated heterocycles. The third-order valence-electron chi connectivity index (χ3n) is 2.96. The first-order valence-corrected chi connectivity index (χ1v) is 7.47. The second-order valence-corrected chi connectivity index (χ2v) is 5.47. The Balaban J connectivity index is 2.10. The smallest absolute Gasteiger partial charge is 0.265 e. The first kappa shape index (κ1) is 16.4. The highest BCUT2D eigenvalue weighted by Crippen LogP contribution is 2.21. The van der Waals surface area contributed by atoms with Crippen LogP contribution in [-0.2, 0) is 4.79 Å². The van der Waals surface area contributed by atoms with Crippen LogP contribution in [0.2, 0.25) is 0 Å². The van der Waals surface area contributed by atoms with E-state index in [9.17, 15) is 13.6 Å². The number of benzene rings is 2. The molecule has 0 spiro atoms. The van der Waals surface area contributed by atoms with Crippen LogP contribution in [0, 0.1) is 11.6 Å². The maximum atomic E-state index is 13.7. The molecule has 0 fully saturated rings. The maximum absolute atomic E-state index is 13.7. The van der Waals surface area contributed by atoms with E-state index in [1.807, 2.05) is 0 Å². The van der Waals surface area contributed by atoms with Crippen molar-refractivity contribution in [1.82, 2.24) is 0 Å². The van der Waals surface area contributed by atoms with Gasteiger partial charge in [-0.05, 0) is 36.8 Å². The number of nitrogens with one attached hydrogen (secondary N) is 1. The fourth-order valence-electron chi connectivity index (χ4n) is 1.82. The molecule has 0 aliphatic carbocycles. The molecule has 1 amide bonds. The Morgan fingerprint density at radius 2 is 1.95 bits per heavy atom. The van der Waals surface area contributed by atoms with Gasteiger partial charge in [0, 0.05) is 4.47 Å². The van der Waals surface area contributed by atoms with Crippen molar-refractivity contribution in [3.63, 3.8) is 0 Å². The van der Waals surface area contributed by atoms with Gasteiger partial charge < -0.3 is 10.1 Å². The topological polar surface area (TPSA) is 38.3 Å². The van der Waals surface area contributed by atoms with Gasteiger partial charge in [-0.25, -0.2) is 8.78 Å². The zero-order valence-corrected chi connectivity index (χ0v) is 13.4. The van der Waals surface area contributed by atoms with Crippen LogP contribution in [0.4, 0.5) is 14.5 Å². The third kappa shape index (κ3) is 4.04. The van der Waals surface area contributed by atoms with Gasteiger partial charge in [-0.15, -0.1) is 0 Å². The first-order chi connectivity index (χ1) is 10.5. The van der Waals surface area contributed by atoms with Crippen LogP contribution in [0.15, 0.2) is 46.9 Å². The van der Waals surface area contributed by atoms with Gasteiger partial charge in [-0.1, -0.05) is 35.0 Å². The van der Waals surface area contributed by atoms with Crippen molar-refractivity contribution in [3.8, 4) is 5.75 Å². The Labute approximate surface area is 135 Å². The molecular weight excluding hydrogens is 356 g/mol. The second kappa shape index (κ2) is 7.35. The number of hydrogen-bond donors (Lipinski definition) is 1. The second-order valence-electron chi connectivity index (χ2n) is 4.56. The van der Waals surface area contributed by atoms with Gasteiger partial charge in [-0.2, -0.15) is 0 Å². The van der Waals surface area contributed by atoms with E-state index in [2.05, 4.69) is 21.2 Å². The van der Waals surface area contributed by atoms with Crippen LogP contribution in [0.1, 0.15) is 13.3 Å². The highest BCUT2D eigenvalue weighted by Gasteiger charge is 2.21. The highest BCUT2D eigenvalue weighted by molar-refractivity contribution is 9.10. The van der Waals surface area contributed by atoms with E-state index in [0.717, 1.165) is 0 Å². The molecule has 0 aliphatic rings. The highest BCUT2D eigenvalue weighted by atomic mass is 79.9. The van der Waals surface area contributed by atoms with Crippen molar-refractivity contribution in [2.45, 2.75) is 19.4 Å². The van der Waals surface area contributed by atoms with Crippen LogP contribution in [-0.4, -0.2) is 12.0 Å². The predicted molar refractivity (Wildman–Crippen MR) is 83.8 cm³/mol. The first-order valence-electron chi connectivity index (χ1n) is 6.68. The number of para-hydroxylation sites is 1. The molecule has 0 aliphatic heterocycles. The van der Waals surface area contributed by atoms with Crippen molar-refractivity contribution in [2.75, 3.05) is 5.32 Å². The van der Waals surface area contributed by atoms with Gasteiger partial charge in [0.1, 0.15) is 5.82 Å². The zero-order valence-electron chi connectivity index (χ0n) is 11.8. The maximum Gasteiger partial charge on any atom is 0.265 e. The molecule has 22 heavy (non-hydrogen) atoms. The average molecular weight is 370 g/mol. The van der Waals surface area contributed by atoms with Crippen LogP contribution >= 0.6 is 15.9 Å². The Hall–Kier alpha value is -1.95. The third-order valence-corrected chi connectivity index (χ3v) is 3.45. The average Bonchev–Trinajstić information content (AvgIpc) is 2.49. The minimum absolute atomic E-state index is 0.0132. The zero-order chi connectivity index (χ0) is 16.1. The summed E-state index contributed by atoms with van der Waals surface area (Å²) in [6, 6.07) is 10.1. The van der Waals surface area contributed by atoms with Crippen LogP contribution in [0.25, 0.3) is 0 Å². The van der Waals surface area contributed by atoms with E-state index in [1.54, 1.807) is 19.1 Å². The number of ether oxygens (including phenoxy) is 1. The fraction of sp³-hybridized carbons (Fsp3) is 0.188. The number of amides is 1. The van der Waals surface area contributed by atoms with E-state index >= 15 is 0 Å². The molecule has 116 valence electrons. The van der Waals surface area contributed by atoms with Gasteiger partial charge in [-0.3, -0.25) is 4.79 Å². The normalized spacial score (nSPS) is 11.8. The summed E-state index contributed by atoms with van der Waals surface area (Å²) in [6.45, 7) is 1.73. The van der Waals surface area contributed by atoms with Gasteiger partial charge in [0.15, 0.2) is 17.7 Å². The number of carbonyl (C=O) groups excluding carboxylic acids is 1. The van der Waals surface area contributed by atoms with Crippen LogP contribution < -0.4 is 10.1 Å². The molecule has 0 unspecified atom stereocenters. The summed E-state index contributed by atoms with van der Waals surface area (Å²) in [5.41, 5.74) is 0.0452. The Kier molecular flexibility index (Phi) is 5.49. The summed E-state index contributed by atoms with van der Waals surface area (Å²) < 4.78 is 33.2. The summed E-state index contributed by atoms with van der Waals surface area (Å²) in [7, 11) is 0. The lowest BCUT2D eigenvalue weighted by molar-refractivity contribution is -0.122. The van der Waals surface area contributed by atoms with Crippen molar-refractivity contribution >= 4 is 27.5 Å². The number of halogens is 3. The molecule has 1 atom stereocenters. The van der Waals surface area contributed by atoms with Crippen LogP contribution in [0.5, 0.6) is 5.75 Å². The monoisotopic (exact) mass is 369 g/mol. The molecule has 6 heteroatoms. The largest absolute Gasteiger partial charge is 0.478 e. The lowest BCUT2D eigenvalue weighted by atomic mass is 10.2. The van der Waals surface area contributed by atoms with E-state index in [1.165, 1.54) is 30.3 Å². The lowest BCUT2D eigenvalue weighted by Crippen LogP contribution is -2.32. The molecular formula is C16H14BrF2NO2. The quantitative estimate of drug-likeness (QED) is 0.840. The van der Waals surface area contributed by atoms with Crippen molar-refractivity contribution < 1.29 is 18.3 Å². The molecule has 2 rings (SSSR count). The molecule has 0 saturated carbocycles. The van der Waals surface area contributed by atoms with Crippen molar-refractivity contribution in [3.05, 3.63) is 58.6 Å². The van der Waals surface area contributed by atoms with Gasteiger partial charge in [0.05, 0.1) is 5.69 Å². The fourth-order valence-corrected chi connectivity index (χ4v) is 2.15. The van der Waals surface area contributed by atoms with Crippen molar-refractivity contribution in [2.24, 2.45) is 0 Å². The molecule has 0 bridgehead atoms. The predicted octanol–water partition coefficient (Wildman–Crippen LogP) is 4.52. The van der Waals surface area contributed by atoms with Crippen LogP contribution in [0.3, 0.4) is 0 Å². The lowest BCUT2D eigenvalue weighted by Gasteiger charge is -2.18. The van der Waals surface area contributed by atoms with Gasteiger partial charge in [0.2, 0.25) is 0 Å². The Bertz CT molecular complexity index is 679. The number of rotatable bonds is 5. The summed E-state index contributed by atoms with van der Waals surface area (Å²) in [4.78, 5) is 12.2. The minimum atomic E-state index is -0.917. The minimum Gasteiger partial charge on any atom is -0.478 e. The number of carbonyl (C=O) groups is 1. The molecule has 3 nitrogen and oxygen atoms in total. The summed E-state index contributed by atoms with van der Waals surface area (Å²) in [5, 5.41) is 2.45. The molecule has 0 aromatic heterocycles. The Morgan fingerprint density at radius 1 is 1.23 bits per heavy atom. The molecule has 1 N–H and O–H groups in total. The molecule has 0 heterocycles. The van der Waals surface area contributed by atoms with E-state index in [0.29, 0.717) is 10.9 Å². The summed E-state index contributed by atoms with van der Waals surface area (Å²) in [5.74, 6) is -1.67. The van der Waals surface area contributed by atoms with E-state index in [-0.39, 0.29) is 11.4 Å². The summed E-state index contributed by atoms with van der Waals surface area (Å²) >= 11 is 3.14. The van der Waals surface area contributed by atoms with Crippen molar-refractivity contribution in [1.29, 1.82) is 0 Å². The summed E-state index contributed by atoms with van der Waals surface area (Å²) in [6.07, 6.45) is -0.599. The molecule has 2 aromatic carbocycles. The Morgan fingerprint density at radius 3 is 2.59 bits per heavy atom. The van der Waals surface area contributed by atoms with E-state index < -0.39 is 23.6 Å².